The van der Waals surface area contributed by atoms with Crippen molar-refractivity contribution in [2.24, 2.45) is 13.0 Å². The Balaban J connectivity index is 1.45. The van der Waals surface area contributed by atoms with Gasteiger partial charge in [0.2, 0.25) is 0 Å². The molecule has 2 N–H and O–H groups in total. The second kappa shape index (κ2) is 6.59. The largest absolute Gasteiger partial charge is 0.388 e. The molecule has 0 radical (unpaired) electrons. The Morgan fingerprint density at radius 1 is 1.36 bits per heavy atom. The second-order valence-electron chi connectivity index (χ2n) is 7.37. The van der Waals surface area contributed by atoms with Gasteiger partial charge in [-0.3, -0.25) is 0 Å². The average molecular weight is 343 g/mol. The Hall–Kier alpha value is -2.22. The van der Waals surface area contributed by atoms with Crippen LogP contribution in [0.15, 0.2) is 18.7 Å². The monoisotopic (exact) mass is 343 g/mol. The molecule has 1 atom stereocenters. The third-order valence-electron chi connectivity index (χ3n) is 5.09. The molecular formula is C17H25N7O. The van der Waals surface area contributed by atoms with Gasteiger partial charge in [-0.15, -0.1) is 10.2 Å². The summed E-state index contributed by atoms with van der Waals surface area (Å²) in [6, 6.07) is 1.98. The minimum Gasteiger partial charge on any atom is -0.388 e. The fourth-order valence-corrected chi connectivity index (χ4v) is 3.40. The van der Waals surface area contributed by atoms with Crippen LogP contribution in [-0.4, -0.2) is 55.1 Å². The molecule has 1 aliphatic heterocycles. The molecule has 2 aromatic rings. The van der Waals surface area contributed by atoms with E-state index in [1.807, 2.05) is 17.7 Å². The van der Waals surface area contributed by atoms with E-state index in [9.17, 15) is 5.11 Å². The van der Waals surface area contributed by atoms with Crippen molar-refractivity contribution in [2.75, 3.05) is 29.9 Å². The summed E-state index contributed by atoms with van der Waals surface area (Å²) in [5.74, 6) is 3.33. The lowest BCUT2D eigenvalue weighted by molar-refractivity contribution is 0.0236. The van der Waals surface area contributed by atoms with Crippen LogP contribution >= 0.6 is 0 Å². The van der Waals surface area contributed by atoms with Crippen LogP contribution in [0.5, 0.6) is 0 Å². The van der Waals surface area contributed by atoms with E-state index in [-0.39, 0.29) is 0 Å². The maximum Gasteiger partial charge on any atom is 0.135 e. The zero-order valence-corrected chi connectivity index (χ0v) is 14.6. The Morgan fingerprint density at radius 3 is 3.00 bits per heavy atom. The van der Waals surface area contributed by atoms with E-state index < -0.39 is 5.60 Å². The van der Waals surface area contributed by atoms with E-state index in [4.69, 9.17) is 0 Å². The second-order valence-corrected chi connectivity index (χ2v) is 7.37. The van der Waals surface area contributed by atoms with Crippen LogP contribution in [0, 0.1) is 5.92 Å². The fourth-order valence-electron chi connectivity index (χ4n) is 3.40. The van der Waals surface area contributed by atoms with Gasteiger partial charge >= 0.3 is 0 Å². The number of β-amino-alcohol motifs (C(OH)–C–C–N with tert-alkyl or cyclic N) is 1. The van der Waals surface area contributed by atoms with Crippen molar-refractivity contribution in [3.8, 4) is 0 Å². The molecular weight excluding hydrogens is 318 g/mol. The molecule has 1 saturated heterocycles. The van der Waals surface area contributed by atoms with Crippen LogP contribution in [0.25, 0.3) is 0 Å². The van der Waals surface area contributed by atoms with Crippen molar-refractivity contribution in [2.45, 2.75) is 37.7 Å². The zero-order chi connectivity index (χ0) is 17.3. The van der Waals surface area contributed by atoms with Crippen molar-refractivity contribution in [3.05, 3.63) is 24.5 Å². The van der Waals surface area contributed by atoms with E-state index >= 15 is 0 Å². The Labute approximate surface area is 147 Å². The van der Waals surface area contributed by atoms with Crippen LogP contribution in [0.1, 0.15) is 31.5 Å². The lowest BCUT2D eigenvalue weighted by Crippen LogP contribution is -2.50. The number of aryl methyl sites for hydroxylation is 1. The summed E-state index contributed by atoms with van der Waals surface area (Å²) in [7, 11) is 1.90. The van der Waals surface area contributed by atoms with E-state index in [0.29, 0.717) is 13.0 Å². The highest BCUT2D eigenvalue weighted by molar-refractivity contribution is 5.49. The molecule has 134 valence electrons. The van der Waals surface area contributed by atoms with Crippen molar-refractivity contribution in [3.63, 3.8) is 0 Å². The van der Waals surface area contributed by atoms with Gasteiger partial charge in [-0.1, -0.05) is 0 Å². The maximum atomic E-state index is 11.1. The number of anilines is 2. The highest BCUT2D eigenvalue weighted by Gasteiger charge is 2.35. The summed E-state index contributed by atoms with van der Waals surface area (Å²) in [6.45, 7) is 2.41. The molecule has 1 unspecified atom stereocenters. The van der Waals surface area contributed by atoms with E-state index in [0.717, 1.165) is 49.3 Å². The van der Waals surface area contributed by atoms with Gasteiger partial charge in [-0.05, 0) is 31.6 Å². The van der Waals surface area contributed by atoms with Crippen molar-refractivity contribution < 1.29 is 5.11 Å². The third-order valence-corrected chi connectivity index (χ3v) is 5.09. The smallest absolute Gasteiger partial charge is 0.135 e. The highest BCUT2D eigenvalue weighted by atomic mass is 16.3. The Kier molecular flexibility index (Phi) is 4.29. The Bertz CT molecular complexity index is 729. The molecule has 8 heteroatoms. The van der Waals surface area contributed by atoms with Gasteiger partial charge in [-0.25, -0.2) is 9.97 Å². The summed E-state index contributed by atoms with van der Waals surface area (Å²) in [5, 5.41) is 22.5. The first kappa shape index (κ1) is 16.3. The number of hydrogen-bond donors (Lipinski definition) is 2. The van der Waals surface area contributed by atoms with Gasteiger partial charge in [0.05, 0.1) is 5.60 Å². The van der Waals surface area contributed by atoms with Gasteiger partial charge in [-0.2, -0.15) is 0 Å². The molecule has 2 aromatic heterocycles. The van der Waals surface area contributed by atoms with Crippen molar-refractivity contribution in [1.29, 1.82) is 0 Å². The number of aromatic nitrogens is 5. The molecule has 2 aliphatic rings. The fraction of sp³-hybridized carbons (Fsp3) is 0.647. The van der Waals surface area contributed by atoms with Crippen LogP contribution in [0.2, 0.25) is 0 Å². The van der Waals surface area contributed by atoms with Gasteiger partial charge in [0, 0.05) is 39.2 Å². The van der Waals surface area contributed by atoms with Crippen molar-refractivity contribution in [1.82, 2.24) is 24.7 Å². The lowest BCUT2D eigenvalue weighted by atomic mass is 9.89. The van der Waals surface area contributed by atoms with Crippen LogP contribution in [0.4, 0.5) is 11.6 Å². The molecule has 4 rings (SSSR count). The molecule has 1 saturated carbocycles. The van der Waals surface area contributed by atoms with Gasteiger partial charge in [0.15, 0.2) is 0 Å². The SMILES string of the molecule is Cn1cnnc1CC1(O)CCCN(c2cc(NCC3CC3)ncn2)C1. The van der Waals surface area contributed by atoms with Crippen molar-refractivity contribution >= 4 is 11.6 Å². The minimum atomic E-state index is -0.814. The first-order valence-corrected chi connectivity index (χ1v) is 8.97. The summed E-state index contributed by atoms with van der Waals surface area (Å²) < 4.78 is 1.86. The van der Waals surface area contributed by atoms with Gasteiger partial charge in [0.25, 0.3) is 0 Å². The first-order valence-electron chi connectivity index (χ1n) is 8.97. The molecule has 0 amide bonds. The normalized spacial score (nSPS) is 23.7. The number of hydrogen-bond acceptors (Lipinski definition) is 7. The van der Waals surface area contributed by atoms with E-state index in [1.54, 1.807) is 12.7 Å². The van der Waals surface area contributed by atoms with Gasteiger partial charge in [0.1, 0.15) is 30.1 Å². The maximum absolute atomic E-state index is 11.1. The van der Waals surface area contributed by atoms with Crippen LogP contribution < -0.4 is 10.2 Å². The molecule has 8 nitrogen and oxygen atoms in total. The van der Waals surface area contributed by atoms with Crippen LogP contribution in [-0.2, 0) is 13.5 Å². The van der Waals surface area contributed by atoms with E-state index in [1.165, 1.54) is 12.8 Å². The average Bonchev–Trinajstić information content (AvgIpc) is 3.36. The zero-order valence-electron chi connectivity index (χ0n) is 14.6. The molecule has 1 aliphatic carbocycles. The predicted molar refractivity (Wildman–Crippen MR) is 94.3 cm³/mol. The number of rotatable bonds is 6. The first-order chi connectivity index (χ1) is 12.1. The molecule has 25 heavy (non-hydrogen) atoms. The summed E-state index contributed by atoms with van der Waals surface area (Å²) in [5.41, 5.74) is -0.814. The Morgan fingerprint density at radius 2 is 2.24 bits per heavy atom. The molecule has 2 fully saturated rings. The summed E-state index contributed by atoms with van der Waals surface area (Å²) in [4.78, 5) is 10.9. The van der Waals surface area contributed by atoms with Crippen LogP contribution in [0.3, 0.4) is 0 Å². The standard InChI is InChI=1S/C17H25N7O/c1-23-12-21-22-16(23)8-17(25)5-2-6-24(10-17)15-7-14(19-11-20-15)18-9-13-3-4-13/h7,11-13,25H,2-6,8-10H2,1H3,(H,18,19,20). The number of nitrogens with one attached hydrogen (secondary N) is 1. The highest BCUT2D eigenvalue weighted by Crippen LogP contribution is 2.30. The summed E-state index contributed by atoms with van der Waals surface area (Å²) >= 11 is 0. The predicted octanol–water partition coefficient (Wildman–Crippen LogP) is 1.00. The molecule has 0 aromatic carbocycles. The van der Waals surface area contributed by atoms with E-state index in [2.05, 4.69) is 30.4 Å². The lowest BCUT2D eigenvalue weighted by Gasteiger charge is -2.39. The number of aliphatic hydroxyl groups is 1. The number of nitrogens with zero attached hydrogens (tertiary/aromatic N) is 6. The molecule has 0 spiro atoms. The quantitative estimate of drug-likeness (QED) is 0.808. The third kappa shape index (κ3) is 3.89. The minimum absolute atomic E-state index is 0.498. The summed E-state index contributed by atoms with van der Waals surface area (Å²) in [6.07, 6.45) is 8.07. The number of piperidine rings is 1. The van der Waals surface area contributed by atoms with Gasteiger partial charge < -0.3 is 19.9 Å². The molecule has 0 bridgehead atoms. The molecule has 3 heterocycles. The topological polar surface area (TPSA) is 92.0 Å².